The third-order valence-corrected chi connectivity index (χ3v) is 5.07. The van der Waals surface area contributed by atoms with E-state index in [0.717, 1.165) is 61.3 Å². The Hall–Kier alpha value is -2.77. The number of aryl methyl sites for hydroxylation is 2. The highest BCUT2D eigenvalue weighted by Gasteiger charge is 2.20. The third kappa shape index (κ3) is 3.90. The van der Waals surface area contributed by atoms with E-state index in [0.29, 0.717) is 5.82 Å². The predicted molar refractivity (Wildman–Crippen MR) is 110 cm³/mol. The second-order valence-electron chi connectivity index (χ2n) is 7.17. The van der Waals surface area contributed by atoms with Crippen LogP contribution in [0.5, 0.6) is 0 Å². The summed E-state index contributed by atoms with van der Waals surface area (Å²) in [5, 5.41) is 13.8. The summed E-state index contributed by atoms with van der Waals surface area (Å²) in [5.41, 5.74) is 3.01. The number of piperazine rings is 1. The van der Waals surface area contributed by atoms with Gasteiger partial charge in [-0.3, -0.25) is 4.90 Å². The lowest BCUT2D eigenvalue weighted by atomic mass is 10.2. The fourth-order valence-corrected chi connectivity index (χ4v) is 3.61. The molecule has 1 saturated heterocycles. The first-order valence-electron chi connectivity index (χ1n) is 9.70. The maximum absolute atomic E-state index is 9.17. The Bertz CT molecular complexity index is 931. The Morgan fingerprint density at radius 3 is 2.29 bits per heavy atom. The monoisotopic (exact) mass is 378 g/mol. The van der Waals surface area contributed by atoms with Crippen molar-refractivity contribution in [3.63, 3.8) is 0 Å². The van der Waals surface area contributed by atoms with Crippen molar-refractivity contribution in [2.75, 3.05) is 44.2 Å². The summed E-state index contributed by atoms with van der Waals surface area (Å²) in [5.74, 6) is 2.41. The van der Waals surface area contributed by atoms with Crippen LogP contribution in [0, 0.1) is 13.8 Å². The van der Waals surface area contributed by atoms with Gasteiger partial charge in [0.1, 0.15) is 5.82 Å². The summed E-state index contributed by atoms with van der Waals surface area (Å²) in [6, 6.07) is 14.1. The lowest BCUT2D eigenvalue weighted by molar-refractivity contribution is 0.188. The fraction of sp³-hybridized carbons (Fsp3) is 0.381. The van der Waals surface area contributed by atoms with Crippen molar-refractivity contribution in [1.82, 2.24) is 24.6 Å². The Morgan fingerprint density at radius 2 is 1.64 bits per heavy atom. The van der Waals surface area contributed by atoms with E-state index in [1.165, 1.54) is 0 Å². The highest BCUT2D eigenvalue weighted by atomic mass is 16.3. The van der Waals surface area contributed by atoms with Crippen molar-refractivity contribution in [2.24, 2.45) is 0 Å². The van der Waals surface area contributed by atoms with Gasteiger partial charge in [0.15, 0.2) is 11.6 Å². The largest absolute Gasteiger partial charge is 0.395 e. The van der Waals surface area contributed by atoms with Crippen LogP contribution in [-0.2, 0) is 0 Å². The van der Waals surface area contributed by atoms with Gasteiger partial charge < -0.3 is 10.0 Å². The average Bonchev–Trinajstić information content (AvgIpc) is 3.07. The molecular formula is C21H26N6O. The second-order valence-corrected chi connectivity index (χ2v) is 7.17. The summed E-state index contributed by atoms with van der Waals surface area (Å²) in [7, 11) is 0. The van der Waals surface area contributed by atoms with Crippen LogP contribution in [0.4, 0.5) is 5.82 Å². The van der Waals surface area contributed by atoms with Crippen LogP contribution in [0.15, 0.2) is 42.5 Å². The van der Waals surface area contributed by atoms with Crippen molar-refractivity contribution in [3.05, 3.63) is 53.9 Å². The zero-order valence-electron chi connectivity index (χ0n) is 16.4. The number of nitrogens with zero attached hydrogens (tertiary/aromatic N) is 6. The molecule has 3 aromatic rings. The molecule has 0 radical (unpaired) electrons. The molecule has 0 unspecified atom stereocenters. The van der Waals surface area contributed by atoms with E-state index in [4.69, 9.17) is 15.1 Å². The molecule has 2 aromatic heterocycles. The topological polar surface area (TPSA) is 70.3 Å². The molecule has 0 amide bonds. The lowest BCUT2D eigenvalue weighted by Gasteiger charge is -2.35. The summed E-state index contributed by atoms with van der Waals surface area (Å²) in [6.45, 7) is 8.55. The van der Waals surface area contributed by atoms with Gasteiger partial charge in [-0.05, 0) is 19.9 Å². The number of anilines is 1. The van der Waals surface area contributed by atoms with Crippen LogP contribution >= 0.6 is 0 Å². The van der Waals surface area contributed by atoms with Gasteiger partial charge >= 0.3 is 0 Å². The molecule has 4 rings (SSSR count). The summed E-state index contributed by atoms with van der Waals surface area (Å²) >= 11 is 0. The quantitative estimate of drug-likeness (QED) is 0.733. The molecule has 0 bridgehead atoms. The maximum atomic E-state index is 9.17. The van der Waals surface area contributed by atoms with Crippen LogP contribution in [0.3, 0.4) is 0 Å². The van der Waals surface area contributed by atoms with E-state index in [9.17, 15) is 0 Å². The second kappa shape index (κ2) is 8.08. The van der Waals surface area contributed by atoms with Crippen LogP contribution in [-0.4, -0.2) is 69.1 Å². The van der Waals surface area contributed by atoms with Crippen molar-refractivity contribution in [3.8, 4) is 17.2 Å². The van der Waals surface area contributed by atoms with E-state index in [1.807, 2.05) is 54.9 Å². The summed E-state index contributed by atoms with van der Waals surface area (Å²) < 4.78 is 1.88. The molecule has 28 heavy (non-hydrogen) atoms. The van der Waals surface area contributed by atoms with Gasteiger partial charge in [0.2, 0.25) is 0 Å². The molecule has 0 aliphatic carbocycles. The number of rotatable bonds is 5. The van der Waals surface area contributed by atoms with Gasteiger partial charge in [-0.1, -0.05) is 30.3 Å². The third-order valence-electron chi connectivity index (χ3n) is 5.07. The van der Waals surface area contributed by atoms with Gasteiger partial charge in [-0.25, -0.2) is 14.6 Å². The maximum Gasteiger partial charge on any atom is 0.163 e. The molecule has 7 heteroatoms. The van der Waals surface area contributed by atoms with E-state index in [1.54, 1.807) is 0 Å². The molecule has 0 spiro atoms. The molecule has 1 aliphatic rings. The Balaban J connectivity index is 1.72. The van der Waals surface area contributed by atoms with E-state index >= 15 is 0 Å². The molecule has 7 nitrogen and oxygen atoms in total. The number of β-amino-alcohol motifs (C(OH)–C–C–N with tert-alkyl or cyclic N) is 1. The zero-order valence-corrected chi connectivity index (χ0v) is 16.4. The Morgan fingerprint density at radius 1 is 0.929 bits per heavy atom. The van der Waals surface area contributed by atoms with Gasteiger partial charge in [0.05, 0.1) is 12.3 Å². The molecule has 0 saturated carbocycles. The Kier molecular flexibility index (Phi) is 5.36. The number of aromatic nitrogens is 4. The number of hydrogen-bond acceptors (Lipinski definition) is 6. The molecule has 1 fully saturated rings. The zero-order chi connectivity index (χ0) is 19.5. The van der Waals surface area contributed by atoms with Gasteiger partial charge in [-0.2, -0.15) is 5.10 Å². The van der Waals surface area contributed by atoms with Gasteiger partial charge in [-0.15, -0.1) is 0 Å². The molecule has 146 valence electrons. The molecule has 3 heterocycles. The number of aliphatic hydroxyl groups excluding tert-OH is 1. The van der Waals surface area contributed by atoms with Gasteiger partial charge in [0, 0.05) is 50.0 Å². The van der Waals surface area contributed by atoms with Crippen molar-refractivity contribution in [1.29, 1.82) is 0 Å². The van der Waals surface area contributed by atoms with Crippen LogP contribution < -0.4 is 4.90 Å². The summed E-state index contributed by atoms with van der Waals surface area (Å²) in [4.78, 5) is 14.2. The van der Waals surface area contributed by atoms with Crippen LogP contribution in [0.1, 0.15) is 11.4 Å². The highest BCUT2D eigenvalue weighted by Crippen LogP contribution is 2.23. The van der Waals surface area contributed by atoms with Crippen LogP contribution in [0.2, 0.25) is 0 Å². The SMILES string of the molecule is Cc1cc(C)n(-c2cc(N3CCN(CCO)CC3)nc(-c3ccccc3)n2)n1. The standard InChI is InChI=1S/C21H26N6O/c1-16-14-17(2)27(24-16)20-15-19(26-10-8-25(9-11-26)12-13-28)22-21(23-20)18-6-4-3-5-7-18/h3-7,14-15,28H,8-13H2,1-2H3. The van der Waals surface area contributed by atoms with Gasteiger partial charge in [0.25, 0.3) is 0 Å². The molecule has 1 aromatic carbocycles. The molecule has 0 atom stereocenters. The van der Waals surface area contributed by atoms with Crippen LogP contribution in [0.25, 0.3) is 17.2 Å². The molecule has 1 aliphatic heterocycles. The minimum Gasteiger partial charge on any atom is -0.395 e. The van der Waals surface area contributed by atoms with E-state index in [2.05, 4.69) is 21.0 Å². The molecule has 1 N–H and O–H groups in total. The first kappa shape index (κ1) is 18.6. The molecular weight excluding hydrogens is 352 g/mol. The predicted octanol–water partition coefficient (Wildman–Crippen LogP) is 2.06. The van der Waals surface area contributed by atoms with E-state index < -0.39 is 0 Å². The minimum absolute atomic E-state index is 0.202. The fourth-order valence-electron chi connectivity index (χ4n) is 3.61. The van der Waals surface area contributed by atoms with Crippen molar-refractivity contribution in [2.45, 2.75) is 13.8 Å². The highest BCUT2D eigenvalue weighted by molar-refractivity contribution is 5.59. The minimum atomic E-state index is 0.202. The first-order valence-corrected chi connectivity index (χ1v) is 9.70. The average molecular weight is 378 g/mol. The summed E-state index contributed by atoms with van der Waals surface area (Å²) in [6.07, 6.45) is 0. The number of aliphatic hydroxyl groups is 1. The normalized spacial score (nSPS) is 15.2. The van der Waals surface area contributed by atoms with Crippen molar-refractivity contribution >= 4 is 5.82 Å². The first-order chi connectivity index (χ1) is 13.6. The Labute approximate surface area is 165 Å². The lowest BCUT2D eigenvalue weighted by Crippen LogP contribution is -2.47. The smallest absolute Gasteiger partial charge is 0.163 e. The number of benzene rings is 1. The number of hydrogen-bond donors (Lipinski definition) is 1. The van der Waals surface area contributed by atoms with Crippen molar-refractivity contribution < 1.29 is 5.11 Å². The van der Waals surface area contributed by atoms with E-state index in [-0.39, 0.29) is 6.61 Å².